The molecule has 0 saturated heterocycles. The summed E-state index contributed by atoms with van der Waals surface area (Å²) in [6.45, 7) is 1.58. The van der Waals surface area contributed by atoms with Gasteiger partial charge in [0.05, 0.1) is 24.9 Å². The van der Waals surface area contributed by atoms with E-state index in [2.05, 4.69) is 5.32 Å². The highest BCUT2D eigenvalue weighted by molar-refractivity contribution is 6.32. The van der Waals surface area contributed by atoms with Crippen LogP contribution in [-0.2, 0) is 4.79 Å². The van der Waals surface area contributed by atoms with Crippen LogP contribution in [0.2, 0.25) is 5.02 Å². The molecule has 128 valence electrons. The van der Waals surface area contributed by atoms with E-state index in [-0.39, 0.29) is 5.82 Å². The Morgan fingerprint density at radius 3 is 2.33 bits per heavy atom. The Kier molecular flexibility index (Phi) is 5.87. The number of carbonyl (C=O) groups is 1. The molecule has 0 aliphatic carbocycles. The smallest absolute Gasteiger partial charge is 0.265 e. The van der Waals surface area contributed by atoms with Crippen LogP contribution in [0.15, 0.2) is 36.4 Å². The summed E-state index contributed by atoms with van der Waals surface area (Å²) in [5.74, 6) is 0.405. The molecule has 0 saturated carbocycles. The Bertz CT molecular complexity index is 721. The zero-order valence-corrected chi connectivity index (χ0v) is 14.2. The molecule has 2 aromatic carbocycles. The minimum absolute atomic E-state index is 0.364. The van der Waals surface area contributed by atoms with Gasteiger partial charge in [0.1, 0.15) is 23.1 Å². The van der Waals surface area contributed by atoms with E-state index in [1.54, 1.807) is 19.1 Å². The number of benzene rings is 2. The third-order valence-electron chi connectivity index (χ3n) is 3.23. The molecular formula is C17H17ClFNO4. The van der Waals surface area contributed by atoms with Crippen molar-refractivity contribution >= 4 is 23.2 Å². The average molecular weight is 354 g/mol. The molecule has 0 aliphatic rings. The van der Waals surface area contributed by atoms with Crippen LogP contribution in [0.4, 0.5) is 10.1 Å². The second kappa shape index (κ2) is 7.88. The Hall–Kier alpha value is -2.47. The second-order valence-electron chi connectivity index (χ2n) is 4.89. The van der Waals surface area contributed by atoms with Gasteiger partial charge < -0.3 is 19.5 Å². The SMILES string of the molecule is COc1cc(NC(=O)[C@H](C)Oc2ccc(F)cc2)c(OC)cc1Cl. The van der Waals surface area contributed by atoms with E-state index >= 15 is 0 Å². The van der Waals surface area contributed by atoms with Crippen molar-refractivity contribution in [3.63, 3.8) is 0 Å². The summed E-state index contributed by atoms with van der Waals surface area (Å²) in [6.07, 6.45) is -0.804. The summed E-state index contributed by atoms with van der Waals surface area (Å²) in [4.78, 5) is 12.3. The summed E-state index contributed by atoms with van der Waals surface area (Å²) in [7, 11) is 2.94. The highest BCUT2D eigenvalue weighted by atomic mass is 35.5. The van der Waals surface area contributed by atoms with Crippen LogP contribution in [0.3, 0.4) is 0 Å². The number of hydrogen-bond acceptors (Lipinski definition) is 4. The minimum atomic E-state index is -0.804. The summed E-state index contributed by atoms with van der Waals surface area (Å²) in [5.41, 5.74) is 0.401. The monoisotopic (exact) mass is 353 g/mol. The number of hydrogen-bond donors (Lipinski definition) is 1. The van der Waals surface area contributed by atoms with Gasteiger partial charge in [-0.05, 0) is 31.2 Å². The molecule has 1 atom stereocenters. The first-order chi connectivity index (χ1) is 11.4. The first kappa shape index (κ1) is 17.9. The molecule has 5 nitrogen and oxygen atoms in total. The Balaban J connectivity index is 2.12. The first-order valence-corrected chi connectivity index (χ1v) is 7.47. The Morgan fingerprint density at radius 1 is 1.12 bits per heavy atom. The van der Waals surface area contributed by atoms with Crippen molar-refractivity contribution in [3.05, 3.63) is 47.2 Å². The maximum Gasteiger partial charge on any atom is 0.265 e. The number of nitrogens with one attached hydrogen (secondary N) is 1. The molecule has 2 rings (SSSR count). The van der Waals surface area contributed by atoms with E-state index in [9.17, 15) is 9.18 Å². The van der Waals surface area contributed by atoms with Gasteiger partial charge in [0.2, 0.25) is 0 Å². The minimum Gasteiger partial charge on any atom is -0.495 e. The lowest BCUT2D eigenvalue weighted by Gasteiger charge is -2.17. The largest absolute Gasteiger partial charge is 0.495 e. The lowest BCUT2D eigenvalue weighted by Crippen LogP contribution is -2.30. The van der Waals surface area contributed by atoms with Crippen LogP contribution in [0.25, 0.3) is 0 Å². The third-order valence-corrected chi connectivity index (χ3v) is 3.52. The summed E-state index contributed by atoms with van der Waals surface area (Å²) < 4.78 is 28.7. The molecule has 0 unspecified atom stereocenters. The normalized spacial score (nSPS) is 11.5. The molecule has 0 bridgehead atoms. The summed E-state index contributed by atoms with van der Waals surface area (Å²) in [6, 6.07) is 8.52. The zero-order chi connectivity index (χ0) is 17.7. The number of amides is 1. The van der Waals surface area contributed by atoms with Crippen molar-refractivity contribution < 1.29 is 23.4 Å². The fraction of sp³-hybridized carbons (Fsp3) is 0.235. The number of carbonyl (C=O) groups excluding carboxylic acids is 1. The van der Waals surface area contributed by atoms with Crippen LogP contribution in [0.5, 0.6) is 17.2 Å². The molecular weight excluding hydrogens is 337 g/mol. The fourth-order valence-electron chi connectivity index (χ4n) is 1.96. The van der Waals surface area contributed by atoms with Crippen molar-refractivity contribution in [2.45, 2.75) is 13.0 Å². The van der Waals surface area contributed by atoms with Gasteiger partial charge >= 0.3 is 0 Å². The maximum atomic E-state index is 12.9. The molecule has 0 spiro atoms. The molecule has 2 aromatic rings. The average Bonchev–Trinajstić information content (AvgIpc) is 2.57. The Morgan fingerprint density at radius 2 is 1.75 bits per heavy atom. The van der Waals surface area contributed by atoms with Gasteiger partial charge in [-0.1, -0.05) is 11.6 Å². The van der Waals surface area contributed by atoms with Crippen molar-refractivity contribution in [2.75, 3.05) is 19.5 Å². The van der Waals surface area contributed by atoms with E-state index in [4.69, 9.17) is 25.8 Å². The Labute approximate surface area is 144 Å². The highest BCUT2D eigenvalue weighted by Crippen LogP contribution is 2.35. The molecule has 0 aromatic heterocycles. The van der Waals surface area contributed by atoms with Crippen molar-refractivity contribution in [3.8, 4) is 17.2 Å². The van der Waals surface area contributed by atoms with Gasteiger partial charge in [0, 0.05) is 12.1 Å². The number of anilines is 1. The number of halogens is 2. The van der Waals surface area contributed by atoms with E-state index in [0.717, 1.165) is 0 Å². The lowest BCUT2D eigenvalue weighted by atomic mass is 10.2. The molecule has 0 radical (unpaired) electrons. The van der Waals surface area contributed by atoms with E-state index in [1.807, 2.05) is 0 Å². The van der Waals surface area contributed by atoms with Crippen LogP contribution in [-0.4, -0.2) is 26.2 Å². The van der Waals surface area contributed by atoms with Crippen molar-refractivity contribution in [1.82, 2.24) is 0 Å². The molecule has 24 heavy (non-hydrogen) atoms. The van der Waals surface area contributed by atoms with Gasteiger partial charge in [-0.25, -0.2) is 4.39 Å². The molecule has 0 fully saturated rings. The quantitative estimate of drug-likeness (QED) is 0.855. The van der Waals surface area contributed by atoms with Gasteiger partial charge in [-0.15, -0.1) is 0 Å². The van der Waals surface area contributed by atoms with Crippen LogP contribution in [0, 0.1) is 5.82 Å². The van der Waals surface area contributed by atoms with Gasteiger partial charge in [-0.2, -0.15) is 0 Å². The van der Waals surface area contributed by atoms with E-state index < -0.39 is 12.0 Å². The van der Waals surface area contributed by atoms with Crippen LogP contribution < -0.4 is 19.5 Å². The van der Waals surface area contributed by atoms with Crippen LogP contribution >= 0.6 is 11.6 Å². The predicted molar refractivity (Wildman–Crippen MR) is 89.7 cm³/mol. The lowest BCUT2D eigenvalue weighted by molar-refractivity contribution is -0.122. The second-order valence-corrected chi connectivity index (χ2v) is 5.30. The molecule has 7 heteroatoms. The zero-order valence-electron chi connectivity index (χ0n) is 13.4. The molecule has 0 heterocycles. The predicted octanol–water partition coefficient (Wildman–Crippen LogP) is 3.90. The summed E-state index contributed by atoms with van der Waals surface area (Å²) >= 11 is 6.03. The summed E-state index contributed by atoms with van der Waals surface area (Å²) in [5, 5.41) is 3.06. The standard InChI is InChI=1S/C17H17ClFNO4/c1-10(24-12-6-4-11(19)5-7-12)17(21)20-14-9-15(22-2)13(18)8-16(14)23-3/h4-10H,1-3H3,(H,20,21)/t10-/m0/s1. The van der Waals surface area contributed by atoms with Gasteiger partial charge in [0.25, 0.3) is 5.91 Å². The maximum absolute atomic E-state index is 12.9. The van der Waals surface area contributed by atoms with Gasteiger partial charge in [0.15, 0.2) is 6.10 Å². The third kappa shape index (κ3) is 4.29. The molecule has 1 N–H and O–H groups in total. The van der Waals surface area contributed by atoms with Crippen LogP contribution in [0.1, 0.15) is 6.92 Å². The number of rotatable bonds is 6. The highest BCUT2D eigenvalue weighted by Gasteiger charge is 2.18. The van der Waals surface area contributed by atoms with E-state index in [0.29, 0.717) is 28.0 Å². The fourth-order valence-corrected chi connectivity index (χ4v) is 2.19. The number of methoxy groups -OCH3 is 2. The topological polar surface area (TPSA) is 56.8 Å². The van der Waals surface area contributed by atoms with Crippen molar-refractivity contribution in [2.24, 2.45) is 0 Å². The molecule has 1 amide bonds. The number of ether oxygens (including phenoxy) is 3. The molecule has 0 aliphatic heterocycles. The van der Waals surface area contributed by atoms with E-state index in [1.165, 1.54) is 38.5 Å². The van der Waals surface area contributed by atoms with Crippen molar-refractivity contribution in [1.29, 1.82) is 0 Å². The first-order valence-electron chi connectivity index (χ1n) is 7.09. The van der Waals surface area contributed by atoms with Gasteiger partial charge in [-0.3, -0.25) is 4.79 Å².